The largest absolute Gasteiger partial charge is 0.391 e. The van der Waals surface area contributed by atoms with E-state index in [-0.39, 0.29) is 11.8 Å². The number of β-amino-alcohol motifs (C(OH)–C–C–N with tert-alkyl or cyclic N) is 1. The Morgan fingerprint density at radius 2 is 1.74 bits per heavy atom. The molecule has 1 aromatic heterocycles. The summed E-state index contributed by atoms with van der Waals surface area (Å²) in [5, 5.41) is 16.4. The number of amides is 2. The van der Waals surface area contributed by atoms with E-state index in [0.29, 0.717) is 44.0 Å². The van der Waals surface area contributed by atoms with Crippen molar-refractivity contribution in [3.8, 4) is 0 Å². The maximum absolute atomic E-state index is 13.4. The van der Waals surface area contributed by atoms with Crippen LogP contribution in [0.25, 0.3) is 10.8 Å². The van der Waals surface area contributed by atoms with Gasteiger partial charge < -0.3 is 14.9 Å². The number of rotatable bonds is 2. The summed E-state index contributed by atoms with van der Waals surface area (Å²) in [6.45, 7) is 2.74. The summed E-state index contributed by atoms with van der Waals surface area (Å²) in [4.78, 5) is 29.8. The number of aromatic nitrogens is 2. The van der Waals surface area contributed by atoms with E-state index in [1.807, 2.05) is 52.0 Å². The van der Waals surface area contributed by atoms with Crippen LogP contribution in [-0.4, -0.2) is 62.2 Å². The Labute approximate surface area is 180 Å². The first-order valence-corrected chi connectivity index (χ1v) is 10.9. The topological polar surface area (TPSA) is 78.7 Å². The van der Waals surface area contributed by atoms with Gasteiger partial charge in [-0.2, -0.15) is 5.10 Å². The van der Waals surface area contributed by atoms with Crippen LogP contribution in [0, 0.1) is 0 Å². The van der Waals surface area contributed by atoms with Gasteiger partial charge in [0.05, 0.1) is 18.3 Å². The normalized spacial score (nSPS) is 19.2. The van der Waals surface area contributed by atoms with Crippen molar-refractivity contribution in [3.63, 3.8) is 0 Å². The number of carbonyl (C=O) groups excluding carboxylic acids is 2. The lowest BCUT2D eigenvalue weighted by Gasteiger charge is -2.29. The highest BCUT2D eigenvalue weighted by molar-refractivity contribution is 6.07. The summed E-state index contributed by atoms with van der Waals surface area (Å²) in [6.07, 6.45) is 1.84. The molecule has 0 radical (unpaired) electrons. The maximum atomic E-state index is 13.4. The average molecular weight is 418 g/mol. The smallest absolute Gasteiger partial charge is 0.274 e. The molecule has 1 unspecified atom stereocenters. The van der Waals surface area contributed by atoms with E-state index in [9.17, 15) is 14.7 Å². The Kier molecular flexibility index (Phi) is 5.19. The number of benzene rings is 2. The summed E-state index contributed by atoms with van der Waals surface area (Å²) < 4.78 is 1.85. The minimum absolute atomic E-state index is 0.00141. The fourth-order valence-corrected chi connectivity index (χ4v) is 4.62. The quantitative estimate of drug-likeness (QED) is 0.694. The molecule has 1 N–H and O–H groups in total. The first-order valence-electron chi connectivity index (χ1n) is 10.9. The summed E-state index contributed by atoms with van der Waals surface area (Å²) in [7, 11) is 0. The molecule has 1 atom stereocenters. The van der Waals surface area contributed by atoms with E-state index in [4.69, 9.17) is 0 Å². The van der Waals surface area contributed by atoms with Gasteiger partial charge in [0.15, 0.2) is 5.69 Å². The Balaban J connectivity index is 1.39. The number of nitrogens with zero attached hydrogens (tertiary/aromatic N) is 4. The van der Waals surface area contributed by atoms with Crippen molar-refractivity contribution in [2.24, 2.45) is 0 Å². The van der Waals surface area contributed by atoms with Crippen LogP contribution >= 0.6 is 0 Å². The van der Waals surface area contributed by atoms with E-state index in [0.717, 1.165) is 35.7 Å². The van der Waals surface area contributed by atoms with Gasteiger partial charge in [0.2, 0.25) is 0 Å². The molecule has 0 saturated carbocycles. The number of hydrogen-bond acceptors (Lipinski definition) is 4. The van der Waals surface area contributed by atoms with E-state index in [1.54, 1.807) is 11.0 Å². The SMILES string of the molecule is O=C(c1cc2n(n1)CCCN(C(=O)c1cccc3ccccc13)C2)N1CCCC(O)C1. The molecule has 7 heteroatoms. The standard InChI is InChI=1S/C24H26N4O3/c29-19-8-4-11-27(16-19)24(31)22-14-18-15-26(12-5-13-28(18)25-22)23(30)21-10-3-7-17-6-1-2-9-20(17)21/h1-3,6-7,9-10,14,19,29H,4-5,8,11-13,15-16H2. The number of aliphatic hydroxyl groups excluding tert-OH is 1. The van der Waals surface area contributed by atoms with Gasteiger partial charge in [-0.1, -0.05) is 36.4 Å². The number of aryl methyl sites for hydroxylation is 1. The average Bonchev–Trinajstić information content (AvgIpc) is 3.09. The molecule has 3 aromatic rings. The number of fused-ring (bicyclic) bond motifs is 2. The molecule has 0 spiro atoms. The van der Waals surface area contributed by atoms with Crippen molar-refractivity contribution in [2.75, 3.05) is 19.6 Å². The van der Waals surface area contributed by atoms with Crippen molar-refractivity contribution in [1.82, 2.24) is 19.6 Å². The van der Waals surface area contributed by atoms with Gasteiger partial charge in [-0.3, -0.25) is 14.3 Å². The monoisotopic (exact) mass is 418 g/mol. The molecule has 2 aliphatic rings. The fraction of sp³-hybridized carbons (Fsp3) is 0.375. The van der Waals surface area contributed by atoms with E-state index >= 15 is 0 Å². The molecule has 2 aliphatic heterocycles. The predicted molar refractivity (Wildman–Crippen MR) is 117 cm³/mol. The highest BCUT2D eigenvalue weighted by atomic mass is 16.3. The predicted octanol–water partition coefficient (Wildman–Crippen LogP) is 2.68. The van der Waals surface area contributed by atoms with Gasteiger partial charge in [-0.15, -0.1) is 0 Å². The van der Waals surface area contributed by atoms with Crippen LogP contribution in [0.15, 0.2) is 48.5 Å². The molecule has 1 fully saturated rings. The third-order valence-corrected chi connectivity index (χ3v) is 6.22. The lowest BCUT2D eigenvalue weighted by Crippen LogP contribution is -2.42. The molecule has 3 heterocycles. The second-order valence-corrected chi connectivity index (χ2v) is 8.40. The highest BCUT2D eigenvalue weighted by Gasteiger charge is 2.28. The molecule has 7 nitrogen and oxygen atoms in total. The molecule has 1 saturated heterocycles. The van der Waals surface area contributed by atoms with Crippen LogP contribution in [0.2, 0.25) is 0 Å². The minimum Gasteiger partial charge on any atom is -0.391 e. The van der Waals surface area contributed by atoms with Gasteiger partial charge in [0, 0.05) is 31.7 Å². The van der Waals surface area contributed by atoms with Crippen molar-refractivity contribution in [2.45, 2.75) is 38.5 Å². The Bertz CT molecular complexity index is 1130. The molecule has 160 valence electrons. The first kappa shape index (κ1) is 19.8. The molecule has 2 amide bonds. The van der Waals surface area contributed by atoms with Crippen LogP contribution in [0.1, 0.15) is 45.8 Å². The van der Waals surface area contributed by atoms with Crippen LogP contribution < -0.4 is 0 Å². The van der Waals surface area contributed by atoms with E-state index < -0.39 is 6.10 Å². The Morgan fingerprint density at radius 3 is 2.61 bits per heavy atom. The Hall–Kier alpha value is -3.19. The third kappa shape index (κ3) is 3.81. The molecule has 0 bridgehead atoms. The second kappa shape index (κ2) is 8.15. The number of carbonyl (C=O) groups is 2. The zero-order chi connectivity index (χ0) is 21.4. The fourth-order valence-electron chi connectivity index (χ4n) is 4.62. The third-order valence-electron chi connectivity index (χ3n) is 6.22. The van der Waals surface area contributed by atoms with Gasteiger partial charge in [0.1, 0.15) is 0 Å². The van der Waals surface area contributed by atoms with Crippen LogP contribution in [0.3, 0.4) is 0 Å². The second-order valence-electron chi connectivity index (χ2n) is 8.40. The van der Waals surface area contributed by atoms with Crippen molar-refractivity contribution in [1.29, 1.82) is 0 Å². The van der Waals surface area contributed by atoms with Gasteiger partial charge in [-0.25, -0.2) is 0 Å². The van der Waals surface area contributed by atoms with Crippen LogP contribution in [0.4, 0.5) is 0 Å². The number of likely N-dealkylation sites (tertiary alicyclic amines) is 1. The molecular weight excluding hydrogens is 392 g/mol. The highest BCUT2D eigenvalue weighted by Crippen LogP contribution is 2.23. The lowest BCUT2D eigenvalue weighted by molar-refractivity contribution is 0.0468. The van der Waals surface area contributed by atoms with Crippen LogP contribution in [-0.2, 0) is 13.1 Å². The van der Waals surface area contributed by atoms with Crippen molar-refractivity contribution in [3.05, 3.63) is 65.5 Å². The van der Waals surface area contributed by atoms with Gasteiger partial charge in [0.25, 0.3) is 11.8 Å². The van der Waals surface area contributed by atoms with Crippen molar-refractivity contribution < 1.29 is 14.7 Å². The van der Waals surface area contributed by atoms with Gasteiger partial charge >= 0.3 is 0 Å². The zero-order valence-corrected chi connectivity index (χ0v) is 17.4. The summed E-state index contributed by atoms with van der Waals surface area (Å²) >= 11 is 0. The molecule has 2 aromatic carbocycles. The summed E-state index contributed by atoms with van der Waals surface area (Å²) in [5.74, 6) is -0.148. The molecule has 5 rings (SSSR count). The van der Waals surface area contributed by atoms with Crippen molar-refractivity contribution >= 4 is 22.6 Å². The number of hydrogen-bond donors (Lipinski definition) is 1. The summed E-state index contributed by atoms with van der Waals surface area (Å²) in [6, 6.07) is 15.5. The maximum Gasteiger partial charge on any atom is 0.274 e. The molecule has 0 aliphatic carbocycles. The molecule has 31 heavy (non-hydrogen) atoms. The molecular formula is C24H26N4O3. The van der Waals surface area contributed by atoms with E-state index in [2.05, 4.69) is 5.10 Å². The van der Waals surface area contributed by atoms with Crippen LogP contribution in [0.5, 0.6) is 0 Å². The van der Waals surface area contributed by atoms with Gasteiger partial charge in [-0.05, 0) is 42.2 Å². The first-order chi connectivity index (χ1) is 15.1. The Morgan fingerprint density at radius 1 is 0.935 bits per heavy atom. The van der Waals surface area contributed by atoms with E-state index in [1.165, 1.54) is 0 Å². The number of aliphatic hydroxyl groups is 1. The zero-order valence-electron chi connectivity index (χ0n) is 17.4. The number of piperidine rings is 1. The lowest BCUT2D eigenvalue weighted by atomic mass is 10.0. The minimum atomic E-state index is -0.466. The summed E-state index contributed by atoms with van der Waals surface area (Å²) in [5.41, 5.74) is 1.96.